The lowest BCUT2D eigenvalue weighted by molar-refractivity contribution is -0.148. The summed E-state index contributed by atoms with van der Waals surface area (Å²) >= 11 is 0. The molecule has 4 rings (SSSR count). The number of benzene rings is 3. The molecule has 1 aliphatic rings. The molecule has 268 valence electrons. The summed E-state index contributed by atoms with van der Waals surface area (Å²) in [6, 6.07) is 6.45. The van der Waals surface area contributed by atoms with E-state index in [4.69, 9.17) is 10.5 Å². The third kappa shape index (κ3) is 6.90. The van der Waals surface area contributed by atoms with E-state index in [9.17, 15) is 41.5 Å². The number of sulfone groups is 1. The second kappa shape index (κ2) is 14.7. The molecular formula is C33H35F3N4O9S. The molecule has 1 fully saturated rings. The van der Waals surface area contributed by atoms with E-state index in [0.717, 1.165) is 37.3 Å². The first-order valence-corrected chi connectivity index (χ1v) is 16.9. The normalized spacial score (nSPS) is 17.9. The standard InChI is InChI=1S/C33H35F3N4O9S/c1-5-33(21-14-18(38-32(45)49-4)8-10-27(21)50(46,47)6-2)20(31(43)44)11-12-40(33)30(42)28(17-7-9-22(34)26(13-17)48-3)39-25-15-19(29(37)41)23(35)16-24(25)36/h7-10,13-16,20,28,39H,5-6,11-12H2,1-4H3,(H2,37,41)(H,38,45)(H,43,44)/t20-,28-,33-/m1/s1. The van der Waals surface area contributed by atoms with Crippen molar-refractivity contribution < 1.29 is 55.3 Å². The van der Waals surface area contributed by atoms with Crippen molar-refractivity contribution in [1.29, 1.82) is 0 Å². The molecule has 0 radical (unpaired) electrons. The fourth-order valence-electron chi connectivity index (χ4n) is 6.32. The minimum absolute atomic E-state index is 0.0242. The largest absolute Gasteiger partial charge is 0.494 e. The van der Waals surface area contributed by atoms with Crippen LogP contribution in [-0.2, 0) is 29.7 Å². The first-order chi connectivity index (χ1) is 23.6. The number of nitrogens with one attached hydrogen (secondary N) is 2. The molecule has 0 aromatic heterocycles. The molecule has 13 nitrogen and oxygen atoms in total. The Morgan fingerprint density at radius 1 is 1.02 bits per heavy atom. The topological polar surface area (TPSA) is 194 Å². The molecule has 3 aromatic carbocycles. The molecular weight excluding hydrogens is 685 g/mol. The highest BCUT2D eigenvalue weighted by Crippen LogP contribution is 2.50. The van der Waals surface area contributed by atoms with Crippen molar-refractivity contribution in [3.05, 3.63) is 82.7 Å². The summed E-state index contributed by atoms with van der Waals surface area (Å²) in [6.45, 7) is 2.68. The number of carbonyl (C=O) groups is 4. The zero-order valence-corrected chi connectivity index (χ0v) is 28.2. The van der Waals surface area contributed by atoms with Crippen molar-refractivity contribution in [1.82, 2.24) is 4.90 Å². The number of aliphatic carboxylic acids is 1. The van der Waals surface area contributed by atoms with E-state index in [0.29, 0.717) is 6.07 Å². The smallest absolute Gasteiger partial charge is 0.411 e. The van der Waals surface area contributed by atoms with Crippen molar-refractivity contribution in [3.8, 4) is 5.75 Å². The predicted octanol–water partition coefficient (Wildman–Crippen LogP) is 4.58. The Kier molecular flexibility index (Phi) is 11.0. The van der Waals surface area contributed by atoms with Gasteiger partial charge in [-0.3, -0.25) is 19.7 Å². The molecule has 5 N–H and O–H groups in total. The van der Waals surface area contributed by atoms with Gasteiger partial charge in [0.05, 0.1) is 47.6 Å². The summed E-state index contributed by atoms with van der Waals surface area (Å²) in [5, 5.41) is 15.6. The number of carboxylic acid groups (broad SMARTS) is 1. The SMILES string of the molecule is CC[C@]1(c2cc(NC(=O)OC)ccc2S(=O)(=O)CC)[C@@H](C(=O)O)CCN1C(=O)[C@H](Nc1cc(C(N)=O)c(F)cc1F)c1ccc(F)c(OC)c1. The molecule has 0 aliphatic carbocycles. The fourth-order valence-corrected chi connectivity index (χ4v) is 7.48. The number of carbonyl (C=O) groups excluding carboxylic acids is 3. The zero-order chi connectivity index (χ0) is 37.1. The first-order valence-electron chi connectivity index (χ1n) is 15.2. The molecule has 0 saturated carbocycles. The molecule has 3 aromatic rings. The summed E-state index contributed by atoms with van der Waals surface area (Å²) in [5.41, 5.74) is 1.98. The molecule has 1 saturated heterocycles. The average Bonchev–Trinajstić information content (AvgIpc) is 3.48. The number of carboxylic acids is 1. The van der Waals surface area contributed by atoms with E-state index in [1.54, 1.807) is 6.92 Å². The molecule has 50 heavy (non-hydrogen) atoms. The van der Waals surface area contributed by atoms with E-state index in [1.807, 2.05) is 0 Å². The van der Waals surface area contributed by atoms with Crippen LogP contribution < -0.4 is 21.1 Å². The quantitative estimate of drug-likeness (QED) is 0.206. The Morgan fingerprint density at radius 3 is 2.30 bits per heavy atom. The van der Waals surface area contributed by atoms with Crippen LogP contribution in [0.4, 0.5) is 29.3 Å². The van der Waals surface area contributed by atoms with Crippen molar-refractivity contribution in [3.63, 3.8) is 0 Å². The third-order valence-corrected chi connectivity index (χ3v) is 10.6. The lowest BCUT2D eigenvalue weighted by Crippen LogP contribution is -2.52. The summed E-state index contributed by atoms with van der Waals surface area (Å²) in [6.07, 6.45) is -1.24. The van der Waals surface area contributed by atoms with Crippen LogP contribution >= 0.6 is 0 Å². The van der Waals surface area contributed by atoms with Gasteiger partial charge in [0.25, 0.3) is 5.91 Å². The number of halogens is 3. The Morgan fingerprint density at radius 2 is 1.72 bits per heavy atom. The van der Waals surface area contributed by atoms with Gasteiger partial charge in [0.15, 0.2) is 21.4 Å². The van der Waals surface area contributed by atoms with Crippen LogP contribution in [0, 0.1) is 23.4 Å². The van der Waals surface area contributed by atoms with Gasteiger partial charge in [-0.15, -0.1) is 0 Å². The van der Waals surface area contributed by atoms with Crippen molar-refractivity contribution >= 4 is 45.1 Å². The van der Waals surface area contributed by atoms with Crippen LogP contribution in [-0.4, -0.2) is 68.8 Å². The molecule has 3 amide bonds. The Hall–Kier alpha value is -5.32. The monoisotopic (exact) mass is 720 g/mol. The number of nitrogens with two attached hydrogens (primary N) is 1. The number of nitrogens with zero attached hydrogens (tertiary/aromatic N) is 1. The van der Waals surface area contributed by atoms with Crippen LogP contribution in [0.1, 0.15) is 54.2 Å². The van der Waals surface area contributed by atoms with Gasteiger partial charge in [-0.05, 0) is 60.4 Å². The summed E-state index contributed by atoms with van der Waals surface area (Å²) in [5.74, 6) is -8.97. The molecule has 1 aliphatic heterocycles. The van der Waals surface area contributed by atoms with Crippen LogP contribution in [0.3, 0.4) is 0 Å². The molecule has 0 spiro atoms. The van der Waals surface area contributed by atoms with Crippen LogP contribution in [0.25, 0.3) is 0 Å². The summed E-state index contributed by atoms with van der Waals surface area (Å²) in [4.78, 5) is 52.7. The number of anilines is 2. The zero-order valence-electron chi connectivity index (χ0n) is 27.4. The number of hydrogen-bond donors (Lipinski definition) is 4. The molecule has 17 heteroatoms. The minimum Gasteiger partial charge on any atom is -0.494 e. The Balaban J connectivity index is 2.02. The Labute approximate surface area is 285 Å². The van der Waals surface area contributed by atoms with Gasteiger partial charge in [-0.1, -0.05) is 19.9 Å². The average molecular weight is 721 g/mol. The van der Waals surface area contributed by atoms with E-state index in [-0.39, 0.29) is 46.8 Å². The number of amides is 3. The second-order valence-corrected chi connectivity index (χ2v) is 13.6. The lowest BCUT2D eigenvalue weighted by atomic mass is 9.76. The fraction of sp³-hybridized carbons (Fsp3) is 0.333. The second-order valence-electron chi connectivity index (χ2n) is 11.3. The van der Waals surface area contributed by atoms with Gasteiger partial charge in [-0.2, -0.15) is 0 Å². The maximum atomic E-state index is 15.2. The van der Waals surface area contributed by atoms with Gasteiger partial charge < -0.3 is 30.5 Å². The molecule has 0 unspecified atom stereocenters. The van der Waals surface area contributed by atoms with Crippen molar-refractivity contribution in [2.45, 2.75) is 43.2 Å². The highest BCUT2D eigenvalue weighted by Gasteiger charge is 2.56. The van der Waals surface area contributed by atoms with E-state index >= 15 is 4.39 Å². The van der Waals surface area contributed by atoms with Crippen LogP contribution in [0.15, 0.2) is 53.4 Å². The Bertz CT molecular complexity index is 1960. The van der Waals surface area contributed by atoms with E-state index < -0.39 is 85.7 Å². The molecule has 1 heterocycles. The first kappa shape index (κ1) is 37.5. The predicted molar refractivity (Wildman–Crippen MR) is 174 cm³/mol. The summed E-state index contributed by atoms with van der Waals surface area (Å²) in [7, 11) is -1.83. The number of methoxy groups -OCH3 is 2. The van der Waals surface area contributed by atoms with Crippen LogP contribution in [0.2, 0.25) is 0 Å². The molecule has 0 bridgehead atoms. The maximum absolute atomic E-state index is 15.2. The van der Waals surface area contributed by atoms with Gasteiger partial charge >= 0.3 is 12.1 Å². The van der Waals surface area contributed by atoms with Gasteiger partial charge in [0, 0.05) is 18.3 Å². The lowest BCUT2D eigenvalue weighted by Gasteiger charge is -2.43. The number of likely N-dealkylation sites (tertiary alicyclic amines) is 1. The third-order valence-electron chi connectivity index (χ3n) is 8.77. The van der Waals surface area contributed by atoms with E-state index in [1.165, 1.54) is 31.2 Å². The summed E-state index contributed by atoms with van der Waals surface area (Å²) < 4.78 is 80.9. The van der Waals surface area contributed by atoms with Gasteiger partial charge in [-0.25, -0.2) is 26.4 Å². The molecule has 3 atom stereocenters. The maximum Gasteiger partial charge on any atom is 0.411 e. The number of ether oxygens (including phenoxy) is 2. The van der Waals surface area contributed by atoms with Crippen LogP contribution in [0.5, 0.6) is 5.75 Å². The minimum atomic E-state index is -4.10. The van der Waals surface area contributed by atoms with Gasteiger partial charge in [0.1, 0.15) is 17.7 Å². The highest BCUT2D eigenvalue weighted by atomic mass is 32.2. The number of hydrogen-bond acceptors (Lipinski definition) is 9. The van der Waals surface area contributed by atoms with Gasteiger partial charge in [0.2, 0.25) is 5.91 Å². The van der Waals surface area contributed by atoms with Crippen molar-refractivity contribution in [2.24, 2.45) is 11.7 Å². The van der Waals surface area contributed by atoms with Crippen molar-refractivity contribution in [2.75, 3.05) is 37.2 Å². The number of primary amides is 1. The van der Waals surface area contributed by atoms with E-state index in [2.05, 4.69) is 15.4 Å². The highest BCUT2D eigenvalue weighted by molar-refractivity contribution is 7.91. The number of rotatable bonds is 12.